The van der Waals surface area contributed by atoms with Gasteiger partial charge >= 0.3 is 0 Å². The summed E-state index contributed by atoms with van der Waals surface area (Å²) < 4.78 is 0. The van der Waals surface area contributed by atoms with Crippen molar-refractivity contribution in [1.29, 1.82) is 0 Å². The molecule has 1 rings (SSSR count). The molecule has 0 aromatic heterocycles. The minimum atomic E-state index is 0.623. The maximum absolute atomic E-state index is 5.56. The summed E-state index contributed by atoms with van der Waals surface area (Å²) >= 11 is 0. The van der Waals surface area contributed by atoms with Crippen molar-refractivity contribution >= 4 is 0 Å². The molecule has 0 aliphatic heterocycles. The number of hydrogen-bond acceptors (Lipinski definition) is 2. The van der Waals surface area contributed by atoms with Crippen LogP contribution in [0.25, 0.3) is 0 Å². The number of hydrogen-bond donors (Lipinski definition) is 2. The Morgan fingerprint density at radius 1 is 1.06 bits per heavy atom. The molecule has 1 unspecified atom stereocenters. The Hall–Kier alpha value is -0.860. The third-order valence-corrected chi connectivity index (χ3v) is 3.19. The van der Waals surface area contributed by atoms with E-state index in [9.17, 15) is 0 Å². The smallest absolute Gasteiger partial charge is 0.0205 e. The van der Waals surface area contributed by atoms with Crippen LogP contribution in [0.3, 0.4) is 0 Å². The molecule has 0 bridgehead atoms. The van der Waals surface area contributed by atoms with Crippen LogP contribution in [0, 0.1) is 11.8 Å². The molecule has 2 nitrogen and oxygen atoms in total. The van der Waals surface area contributed by atoms with E-state index in [0.29, 0.717) is 6.54 Å². The van der Waals surface area contributed by atoms with E-state index in [-0.39, 0.29) is 0 Å². The second-order valence-electron chi connectivity index (χ2n) is 4.87. The molecule has 0 aliphatic rings. The fourth-order valence-corrected chi connectivity index (χ4v) is 1.47. The summed E-state index contributed by atoms with van der Waals surface area (Å²) in [6.45, 7) is 9.47. The van der Waals surface area contributed by atoms with Crippen molar-refractivity contribution in [2.75, 3.05) is 6.54 Å². The van der Waals surface area contributed by atoms with E-state index in [1.54, 1.807) is 0 Å². The van der Waals surface area contributed by atoms with Gasteiger partial charge in [0, 0.05) is 13.1 Å². The molecule has 0 saturated heterocycles. The molecule has 1 aromatic carbocycles. The van der Waals surface area contributed by atoms with Gasteiger partial charge in [-0.3, -0.25) is 0 Å². The first-order valence-corrected chi connectivity index (χ1v) is 6.12. The summed E-state index contributed by atoms with van der Waals surface area (Å²) in [4.78, 5) is 0. The van der Waals surface area contributed by atoms with Gasteiger partial charge in [0.2, 0.25) is 0 Å². The Balaban J connectivity index is 2.31. The molecule has 0 aliphatic carbocycles. The lowest BCUT2D eigenvalue weighted by molar-refractivity contribution is 0.392. The maximum atomic E-state index is 5.56. The summed E-state index contributed by atoms with van der Waals surface area (Å²) in [6, 6.07) is 8.50. The van der Waals surface area contributed by atoms with Gasteiger partial charge in [-0.15, -0.1) is 0 Å². The molecule has 0 radical (unpaired) electrons. The van der Waals surface area contributed by atoms with Gasteiger partial charge in [-0.25, -0.2) is 0 Å². The fourth-order valence-electron chi connectivity index (χ4n) is 1.47. The van der Waals surface area contributed by atoms with Gasteiger partial charge in [0.25, 0.3) is 0 Å². The fraction of sp³-hybridized carbons (Fsp3) is 0.571. The average Bonchev–Trinajstić information content (AvgIpc) is 2.29. The molecule has 1 atom stereocenters. The Labute approximate surface area is 99.2 Å². The first-order chi connectivity index (χ1) is 7.63. The standard InChI is InChI=1S/C14H24N2/c1-11(2)12(3)9-16-10-14-6-4-13(8-15)5-7-14/h4-7,11-12,16H,8-10,15H2,1-3H3. The second-order valence-corrected chi connectivity index (χ2v) is 4.87. The van der Waals surface area contributed by atoms with Gasteiger partial charge < -0.3 is 11.1 Å². The van der Waals surface area contributed by atoms with Crippen molar-refractivity contribution < 1.29 is 0 Å². The summed E-state index contributed by atoms with van der Waals surface area (Å²) in [5, 5.41) is 3.49. The van der Waals surface area contributed by atoms with E-state index >= 15 is 0 Å². The van der Waals surface area contributed by atoms with Gasteiger partial charge in [-0.1, -0.05) is 45.0 Å². The lowest BCUT2D eigenvalue weighted by Gasteiger charge is -2.16. The Morgan fingerprint density at radius 3 is 2.12 bits per heavy atom. The van der Waals surface area contributed by atoms with Crippen LogP contribution in [-0.4, -0.2) is 6.54 Å². The number of benzene rings is 1. The summed E-state index contributed by atoms with van der Waals surface area (Å²) in [5.41, 5.74) is 8.08. The summed E-state index contributed by atoms with van der Waals surface area (Å²) in [7, 11) is 0. The third-order valence-electron chi connectivity index (χ3n) is 3.19. The van der Waals surface area contributed by atoms with Gasteiger partial charge in [0.15, 0.2) is 0 Å². The van der Waals surface area contributed by atoms with Crippen molar-refractivity contribution in [2.45, 2.75) is 33.9 Å². The minimum Gasteiger partial charge on any atom is -0.326 e. The molecule has 1 aromatic rings. The summed E-state index contributed by atoms with van der Waals surface area (Å²) in [5.74, 6) is 1.47. The molecule has 0 saturated carbocycles. The highest BCUT2D eigenvalue weighted by Gasteiger charge is 2.05. The largest absolute Gasteiger partial charge is 0.326 e. The normalized spacial score (nSPS) is 13.1. The molecule has 3 N–H and O–H groups in total. The highest BCUT2D eigenvalue weighted by Crippen LogP contribution is 2.08. The molecule has 0 fully saturated rings. The predicted octanol–water partition coefficient (Wildman–Crippen LogP) is 2.53. The van der Waals surface area contributed by atoms with Crippen molar-refractivity contribution in [2.24, 2.45) is 17.6 Å². The number of nitrogens with two attached hydrogens (primary N) is 1. The molecule has 0 heterocycles. The zero-order valence-electron chi connectivity index (χ0n) is 10.7. The molecular formula is C14H24N2. The van der Waals surface area contributed by atoms with Crippen LogP contribution in [0.2, 0.25) is 0 Å². The number of nitrogens with one attached hydrogen (secondary N) is 1. The van der Waals surface area contributed by atoms with E-state index in [0.717, 1.165) is 24.9 Å². The van der Waals surface area contributed by atoms with Gasteiger partial charge in [0.1, 0.15) is 0 Å². The number of rotatable bonds is 6. The van der Waals surface area contributed by atoms with E-state index in [1.165, 1.54) is 11.1 Å². The van der Waals surface area contributed by atoms with Gasteiger partial charge in [-0.2, -0.15) is 0 Å². The summed E-state index contributed by atoms with van der Waals surface area (Å²) in [6.07, 6.45) is 0. The highest BCUT2D eigenvalue weighted by molar-refractivity contribution is 5.22. The SMILES string of the molecule is CC(C)C(C)CNCc1ccc(CN)cc1. The zero-order valence-corrected chi connectivity index (χ0v) is 10.7. The van der Waals surface area contributed by atoms with Gasteiger partial charge in [-0.05, 0) is 29.5 Å². The van der Waals surface area contributed by atoms with Crippen LogP contribution in [0.5, 0.6) is 0 Å². The topological polar surface area (TPSA) is 38.0 Å². The lowest BCUT2D eigenvalue weighted by atomic mass is 9.98. The first kappa shape index (κ1) is 13.2. The molecule has 0 amide bonds. The van der Waals surface area contributed by atoms with Crippen LogP contribution < -0.4 is 11.1 Å². The van der Waals surface area contributed by atoms with Crippen molar-refractivity contribution in [3.05, 3.63) is 35.4 Å². The van der Waals surface area contributed by atoms with E-state index in [2.05, 4.69) is 50.4 Å². The van der Waals surface area contributed by atoms with Crippen LogP contribution in [0.15, 0.2) is 24.3 Å². The molecule has 16 heavy (non-hydrogen) atoms. The van der Waals surface area contributed by atoms with Gasteiger partial charge in [0.05, 0.1) is 0 Å². The third kappa shape index (κ3) is 4.33. The molecular weight excluding hydrogens is 196 g/mol. The molecule has 0 spiro atoms. The lowest BCUT2D eigenvalue weighted by Crippen LogP contribution is -2.23. The van der Waals surface area contributed by atoms with E-state index < -0.39 is 0 Å². The molecule has 2 heteroatoms. The van der Waals surface area contributed by atoms with Crippen molar-refractivity contribution in [3.63, 3.8) is 0 Å². The van der Waals surface area contributed by atoms with E-state index in [1.807, 2.05) is 0 Å². The minimum absolute atomic E-state index is 0.623. The van der Waals surface area contributed by atoms with Crippen molar-refractivity contribution in [1.82, 2.24) is 5.32 Å². The Morgan fingerprint density at radius 2 is 1.62 bits per heavy atom. The zero-order chi connectivity index (χ0) is 12.0. The highest BCUT2D eigenvalue weighted by atomic mass is 14.9. The van der Waals surface area contributed by atoms with Crippen LogP contribution in [0.4, 0.5) is 0 Å². The first-order valence-electron chi connectivity index (χ1n) is 6.12. The molecule has 90 valence electrons. The van der Waals surface area contributed by atoms with Crippen molar-refractivity contribution in [3.8, 4) is 0 Å². The Kier molecular flexibility index (Phi) is 5.50. The van der Waals surface area contributed by atoms with E-state index in [4.69, 9.17) is 5.73 Å². The van der Waals surface area contributed by atoms with Crippen LogP contribution in [-0.2, 0) is 13.1 Å². The average molecular weight is 220 g/mol. The quantitative estimate of drug-likeness (QED) is 0.773. The van der Waals surface area contributed by atoms with Crippen LogP contribution >= 0.6 is 0 Å². The predicted molar refractivity (Wildman–Crippen MR) is 70.0 cm³/mol. The monoisotopic (exact) mass is 220 g/mol. The maximum Gasteiger partial charge on any atom is 0.0205 e. The second kappa shape index (κ2) is 6.66. The van der Waals surface area contributed by atoms with Crippen LogP contribution in [0.1, 0.15) is 31.9 Å². The Bertz CT molecular complexity index is 290.